The Bertz CT molecular complexity index is 2080. The minimum Gasteiger partial charge on any atom is -0.340 e. The van der Waals surface area contributed by atoms with Crippen LogP contribution in [0.15, 0.2) is 133 Å². The SMILES string of the molecule is c1ccc2c(c1)-c1ccccc1C2NCc1ccc2c(c1)-c1cc(CCn3c4ccccc4c4ccccc43)ccc1C2. The Morgan fingerprint density at radius 3 is 1.72 bits per heavy atom. The lowest BCUT2D eigenvalue weighted by atomic mass is 9.99. The molecule has 0 aliphatic heterocycles. The Morgan fingerprint density at radius 1 is 0.535 bits per heavy atom. The molecule has 7 aromatic rings. The molecular weight excluding hydrogens is 520 g/mol. The van der Waals surface area contributed by atoms with E-state index in [9.17, 15) is 0 Å². The van der Waals surface area contributed by atoms with Gasteiger partial charge >= 0.3 is 0 Å². The Morgan fingerprint density at radius 2 is 1.07 bits per heavy atom. The average Bonchev–Trinajstić information content (AvgIpc) is 3.70. The number of aryl methyl sites for hydroxylation is 2. The van der Waals surface area contributed by atoms with Crippen LogP contribution in [-0.2, 0) is 25.9 Å². The molecule has 0 saturated carbocycles. The molecule has 0 atom stereocenters. The third-order valence-electron chi connectivity index (χ3n) is 9.67. The molecule has 0 saturated heterocycles. The Balaban J connectivity index is 0.983. The van der Waals surface area contributed by atoms with Gasteiger partial charge in [0.2, 0.25) is 0 Å². The Hall–Kier alpha value is -4.92. The quantitative estimate of drug-likeness (QED) is 0.217. The van der Waals surface area contributed by atoms with Gasteiger partial charge < -0.3 is 9.88 Å². The minimum absolute atomic E-state index is 0.223. The molecule has 2 aliphatic carbocycles. The van der Waals surface area contributed by atoms with Crippen LogP contribution in [0.1, 0.15) is 39.4 Å². The second-order valence-electron chi connectivity index (χ2n) is 12.1. The lowest BCUT2D eigenvalue weighted by Gasteiger charge is -2.16. The molecule has 206 valence electrons. The summed E-state index contributed by atoms with van der Waals surface area (Å²) in [7, 11) is 0. The fraction of sp³-hybridized carbons (Fsp3) is 0.122. The van der Waals surface area contributed by atoms with Gasteiger partial charge in [-0.25, -0.2) is 0 Å². The summed E-state index contributed by atoms with van der Waals surface area (Å²) >= 11 is 0. The van der Waals surface area contributed by atoms with Crippen molar-refractivity contribution < 1.29 is 0 Å². The van der Waals surface area contributed by atoms with Gasteiger partial charge in [0.15, 0.2) is 0 Å². The standard InChI is InChI=1S/C41H32N2/c1-3-13-35-31(9-1)32-10-2-4-14-36(32)41(35)42-26-28-18-20-30-25-29-19-17-27(23-37(29)38(30)24-28)21-22-43-39-15-7-5-11-33(39)34-12-6-8-16-40(34)43/h1-20,23-24,41-42H,21-22,25-26H2. The van der Waals surface area contributed by atoms with Crippen LogP contribution in [0.3, 0.4) is 0 Å². The summed E-state index contributed by atoms with van der Waals surface area (Å²) in [5, 5.41) is 6.58. The Labute approximate surface area is 252 Å². The van der Waals surface area contributed by atoms with E-state index in [1.807, 2.05) is 0 Å². The molecule has 43 heavy (non-hydrogen) atoms. The topological polar surface area (TPSA) is 17.0 Å². The predicted octanol–water partition coefficient (Wildman–Crippen LogP) is 9.47. The van der Waals surface area contributed by atoms with E-state index >= 15 is 0 Å². The molecule has 1 N–H and O–H groups in total. The maximum absolute atomic E-state index is 3.90. The molecule has 0 fully saturated rings. The van der Waals surface area contributed by atoms with Crippen LogP contribution in [0.5, 0.6) is 0 Å². The number of aromatic nitrogens is 1. The number of hydrogen-bond donors (Lipinski definition) is 1. The van der Waals surface area contributed by atoms with Gasteiger partial charge in [0.25, 0.3) is 0 Å². The normalized spacial score (nSPS) is 13.3. The van der Waals surface area contributed by atoms with Gasteiger partial charge in [-0.3, -0.25) is 0 Å². The molecule has 2 nitrogen and oxygen atoms in total. The minimum atomic E-state index is 0.223. The van der Waals surface area contributed by atoms with Crippen molar-refractivity contribution in [3.63, 3.8) is 0 Å². The molecule has 0 spiro atoms. The molecular formula is C41H32N2. The first-order valence-electron chi connectivity index (χ1n) is 15.4. The van der Waals surface area contributed by atoms with Crippen molar-refractivity contribution in [2.24, 2.45) is 0 Å². The highest BCUT2D eigenvalue weighted by Gasteiger charge is 2.27. The lowest BCUT2D eigenvalue weighted by Crippen LogP contribution is -2.20. The van der Waals surface area contributed by atoms with Crippen LogP contribution in [0.2, 0.25) is 0 Å². The van der Waals surface area contributed by atoms with E-state index in [0.717, 1.165) is 25.9 Å². The number of rotatable bonds is 6. The fourth-order valence-corrected chi connectivity index (χ4v) is 7.61. The summed E-state index contributed by atoms with van der Waals surface area (Å²) < 4.78 is 2.49. The Kier molecular flexibility index (Phi) is 5.64. The van der Waals surface area contributed by atoms with Gasteiger partial charge in [-0.15, -0.1) is 0 Å². The number of nitrogens with zero attached hydrogens (tertiary/aromatic N) is 1. The zero-order valence-corrected chi connectivity index (χ0v) is 24.1. The molecule has 1 heterocycles. The second kappa shape index (κ2) is 9.83. The van der Waals surface area contributed by atoms with Crippen molar-refractivity contribution in [3.8, 4) is 22.3 Å². The number of para-hydroxylation sites is 2. The molecule has 6 aromatic carbocycles. The van der Waals surface area contributed by atoms with Crippen LogP contribution in [0.25, 0.3) is 44.1 Å². The summed E-state index contributed by atoms with van der Waals surface area (Å²) in [4.78, 5) is 0. The van der Waals surface area contributed by atoms with Crippen LogP contribution in [-0.4, -0.2) is 4.57 Å². The summed E-state index contributed by atoms with van der Waals surface area (Å²) in [5.74, 6) is 0. The van der Waals surface area contributed by atoms with Gasteiger partial charge in [-0.05, 0) is 86.7 Å². The predicted molar refractivity (Wildman–Crippen MR) is 178 cm³/mol. The summed E-state index contributed by atoms with van der Waals surface area (Å²) in [6.07, 6.45) is 2.03. The highest BCUT2D eigenvalue weighted by atomic mass is 15.0. The monoisotopic (exact) mass is 552 g/mol. The van der Waals surface area contributed by atoms with Crippen LogP contribution < -0.4 is 5.32 Å². The van der Waals surface area contributed by atoms with Crippen molar-refractivity contribution in [2.75, 3.05) is 0 Å². The number of benzene rings is 6. The van der Waals surface area contributed by atoms with Crippen LogP contribution in [0, 0.1) is 0 Å². The zero-order valence-electron chi connectivity index (χ0n) is 24.1. The maximum Gasteiger partial charge on any atom is 0.0591 e. The third-order valence-corrected chi connectivity index (χ3v) is 9.67. The van der Waals surface area contributed by atoms with E-state index in [2.05, 4.69) is 143 Å². The number of fused-ring (bicyclic) bond motifs is 9. The first-order valence-corrected chi connectivity index (χ1v) is 15.4. The zero-order chi connectivity index (χ0) is 28.3. The van der Waals surface area contributed by atoms with Gasteiger partial charge in [-0.1, -0.05) is 115 Å². The first-order chi connectivity index (χ1) is 21.3. The summed E-state index contributed by atoms with van der Waals surface area (Å²) in [6.45, 7) is 1.80. The van der Waals surface area contributed by atoms with Gasteiger partial charge in [0.05, 0.1) is 6.04 Å². The number of hydrogen-bond acceptors (Lipinski definition) is 1. The highest BCUT2D eigenvalue weighted by molar-refractivity contribution is 6.08. The van der Waals surface area contributed by atoms with Crippen molar-refractivity contribution in [1.82, 2.24) is 9.88 Å². The molecule has 0 amide bonds. The molecule has 2 aliphatic rings. The van der Waals surface area contributed by atoms with Crippen molar-refractivity contribution in [2.45, 2.75) is 32.0 Å². The van der Waals surface area contributed by atoms with E-state index in [0.29, 0.717) is 0 Å². The van der Waals surface area contributed by atoms with Crippen LogP contribution >= 0.6 is 0 Å². The van der Waals surface area contributed by atoms with Gasteiger partial charge in [-0.2, -0.15) is 0 Å². The van der Waals surface area contributed by atoms with E-state index < -0.39 is 0 Å². The smallest absolute Gasteiger partial charge is 0.0591 e. The van der Waals surface area contributed by atoms with E-state index in [-0.39, 0.29) is 6.04 Å². The molecule has 0 radical (unpaired) electrons. The number of nitrogens with one attached hydrogen (secondary N) is 1. The largest absolute Gasteiger partial charge is 0.340 e. The first kappa shape index (κ1) is 24.7. The molecule has 0 unspecified atom stereocenters. The van der Waals surface area contributed by atoms with Crippen molar-refractivity contribution >= 4 is 21.8 Å². The summed E-state index contributed by atoms with van der Waals surface area (Å²) in [6, 6.07) is 49.7. The maximum atomic E-state index is 3.90. The third kappa shape index (κ3) is 3.98. The van der Waals surface area contributed by atoms with Gasteiger partial charge in [0, 0.05) is 34.9 Å². The van der Waals surface area contributed by atoms with Crippen molar-refractivity contribution in [3.05, 3.63) is 167 Å². The average molecular weight is 553 g/mol. The van der Waals surface area contributed by atoms with Gasteiger partial charge in [0.1, 0.15) is 0 Å². The molecule has 2 heteroatoms. The lowest BCUT2D eigenvalue weighted by molar-refractivity contribution is 0.616. The van der Waals surface area contributed by atoms with Crippen LogP contribution in [0.4, 0.5) is 0 Å². The van der Waals surface area contributed by atoms with E-state index in [1.165, 1.54) is 77.4 Å². The molecule has 0 bridgehead atoms. The molecule has 1 aromatic heterocycles. The van der Waals surface area contributed by atoms with Crippen molar-refractivity contribution in [1.29, 1.82) is 0 Å². The summed E-state index contributed by atoms with van der Waals surface area (Å²) in [5.41, 5.74) is 16.5. The van der Waals surface area contributed by atoms with E-state index in [4.69, 9.17) is 0 Å². The molecule has 9 rings (SSSR count). The second-order valence-corrected chi connectivity index (χ2v) is 12.1. The fourth-order valence-electron chi connectivity index (χ4n) is 7.61. The highest BCUT2D eigenvalue weighted by Crippen LogP contribution is 2.43. The van der Waals surface area contributed by atoms with E-state index in [1.54, 1.807) is 0 Å².